The number of amides is 4. The number of nitrogens with one attached hydrogen (secondary N) is 2. The summed E-state index contributed by atoms with van der Waals surface area (Å²) in [6.45, 7) is 0.162. The molecule has 7 heteroatoms. The molecule has 1 aliphatic heterocycles. The van der Waals surface area contributed by atoms with Crippen LogP contribution >= 0.6 is 0 Å². The highest BCUT2D eigenvalue weighted by Crippen LogP contribution is 2.21. The number of fused-ring (bicyclic) bond motifs is 1. The van der Waals surface area contributed by atoms with Gasteiger partial charge in [0.2, 0.25) is 11.8 Å². The van der Waals surface area contributed by atoms with Crippen molar-refractivity contribution in [2.75, 3.05) is 19.6 Å². The number of carbonyl (C=O) groups is 4. The number of aryl methyl sites for hydroxylation is 1. The molecule has 2 aromatic rings. The van der Waals surface area contributed by atoms with Gasteiger partial charge in [0.25, 0.3) is 11.8 Å². The molecule has 144 valence electrons. The van der Waals surface area contributed by atoms with Crippen LogP contribution in [-0.2, 0) is 16.0 Å². The first kappa shape index (κ1) is 19.3. The fourth-order valence-corrected chi connectivity index (χ4v) is 2.98. The van der Waals surface area contributed by atoms with Gasteiger partial charge in [-0.05, 0) is 24.1 Å². The molecule has 7 nitrogen and oxygen atoms in total. The van der Waals surface area contributed by atoms with E-state index in [4.69, 9.17) is 0 Å². The molecule has 0 bridgehead atoms. The number of hydrogen-bond donors (Lipinski definition) is 2. The van der Waals surface area contributed by atoms with Crippen LogP contribution < -0.4 is 10.6 Å². The maximum absolute atomic E-state index is 12.2. The van der Waals surface area contributed by atoms with Crippen LogP contribution in [0.25, 0.3) is 0 Å². The molecule has 0 fully saturated rings. The Morgan fingerprint density at radius 1 is 0.750 bits per heavy atom. The van der Waals surface area contributed by atoms with Crippen molar-refractivity contribution in [1.29, 1.82) is 0 Å². The first-order valence-electron chi connectivity index (χ1n) is 9.09. The molecule has 0 aromatic heterocycles. The Morgan fingerprint density at radius 2 is 1.29 bits per heavy atom. The van der Waals surface area contributed by atoms with Crippen LogP contribution in [0.5, 0.6) is 0 Å². The molecule has 0 atom stereocenters. The predicted octanol–water partition coefficient (Wildman–Crippen LogP) is 1.15. The van der Waals surface area contributed by atoms with Gasteiger partial charge in [0, 0.05) is 19.5 Å². The molecular formula is C21H21N3O4. The summed E-state index contributed by atoms with van der Waals surface area (Å²) in [7, 11) is 0. The second-order valence-corrected chi connectivity index (χ2v) is 6.43. The largest absolute Gasteiger partial charge is 0.354 e. The highest BCUT2D eigenvalue weighted by atomic mass is 16.2. The number of benzene rings is 2. The first-order valence-corrected chi connectivity index (χ1v) is 9.09. The number of imide groups is 1. The van der Waals surface area contributed by atoms with Crippen molar-refractivity contribution >= 4 is 23.6 Å². The van der Waals surface area contributed by atoms with E-state index in [9.17, 15) is 19.2 Å². The van der Waals surface area contributed by atoms with E-state index < -0.39 is 17.7 Å². The van der Waals surface area contributed by atoms with Gasteiger partial charge in [-0.3, -0.25) is 24.1 Å². The first-order chi connectivity index (χ1) is 13.6. The topological polar surface area (TPSA) is 95.6 Å². The van der Waals surface area contributed by atoms with Crippen molar-refractivity contribution < 1.29 is 19.2 Å². The summed E-state index contributed by atoms with van der Waals surface area (Å²) in [5.41, 5.74) is 1.71. The molecule has 1 aliphatic rings. The average molecular weight is 379 g/mol. The lowest BCUT2D eigenvalue weighted by atomic mass is 10.1. The Hall–Kier alpha value is -3.48. The van der Waals surface area contributed by atoms with Crippen molar-refractivity contribution in [3.05, 3.63) is 71.3 Å². The molecule has 2 aromatic carbocycles. The zero-order valence-electron chi connectivity index (χ0n) is 15.3. The minimum atomic E-state index is -0.468. The number of rotatable bonds is 8. The van der Waals surface area contributed by atoms with Gasteiger partial charge in [-0.25, -0.2) is 0 Å². The van der Waals surface area contributed by atoms with Crippen molar-refractivity contribution in [3.8, 4) is 0 Å². The van der Waals surface area contributed by atoms with E-state index in [1.54, 1.807) is 24.3 Å². The monoisotopic (exact) mass is 379 g/mol. The van der Waals surface area contributed by atoms with Gasteiger partial charge >= 0.3 is 0 Å². The van der Waals surface area contributed by atoms with Gasteiger partial charge in [-0.2, -0.15) is 0 Å². The lowest BCUT2D eigenvalue weighted by Gasteiger charge is -2.13. The minimum absolute atomic E-state index is 0.0987. The number of carbonyl (C=O) groups excluding carboxylic acids is 4. The van der Waals surface area contributed by atoms with E-state index in [1.165, 1.54) is 0 Å². The molecule has 0 spiro atoms. The summed E-state index contributed by atoms with van der Waals surface area (Å²) < 4.78 is 0. The summed E-state index contributed by atoms with van der Waals surface area (Å²) in [5.74, 6) is -1.48. The zero-order valence-corrected chi connectivity index (χ0v) is 15.3. The molecule has 1 heterocycles. The molecule has 0 unspecified atom stereocenters. The lowest BCUT2D eigenvalue weighted by molar-refractivity contribution is -0.123. The van der Waals surface area contributed by atoms with Crippen LogP contribution in [0.1, 0.15) is 32.7 Å². The van der Waals surface area contributed by atoms with Crippen molar-refractivity contribution in [1.82, 2.24) is 15.5 Å². The van der Waals surface area contributed by atoms with Crippen molar-refractivity contribution in [2.45, 2.75) is 12.8 Å². The van der Waals surface area contributed by atoms with Gasteiger partial charge in [0.1, 0.15) is 6.54 Å². The fourth-order valence-electron chi connectivity index (χ4n) is 2.98. The smallest absolute Gasteiger partial charge is 0.262 e. The Balaban J connectivity index is 1.36. The van der Waals surface area contributed by atoms with Crippen LogP contribution in [-0.4, -0.2) is 48.2 Å². The maximum Gasteiger partial charge on any atom is 0.262 e. The lowest BCUT2D eigenvalue weighted by Crippen LogP contribution is -2.42. The van der Waals surface area contributed by atoms with Crippen LogP contribution in [0.15, 0.2) is 54.6 Å². The van der Waals surface area contributed by atoms with E-state index in [1.807, 2.05) is 30.3 Å². The average Bonchev–Trinajstić information content (AvgIpc) is 2.95. The summed E-state index contributed by atoms with van der Waals surface area (Å²) in [5, 5.41) is 5.34. The molecule has 2 N–H and O–H groups in total. The number of nitrogens with zero attached hydrogens (tertiary/aromatic N) is 1. The molecule has 3 rings (SSSR count). The summed E-state index contributed by atoms with van der Waals surface area (Å²) >= 11 is 0. The highest BCUT2D eigenvalue weighted by molar-refractivity contribution is 6.22. The molecule has 0 aliphatic carbocycles. The Kier molecular flexibility index (Phi) is 6.16. The quantitative estimate of drug-likeness (QED) is 0.531. The molecule has 0 radical (unpaired) electrons. The summed E-state index contributed by atoms with van der Waals surface area (Å²) in [6.07, 6.45) is 1.02. The Morgan fingerprint density at radius 3 is 1.89 bits per heavy atom. The van der Waals surface area contributed by atoms with E-state index in [-0.39, 0.29) is 25.5 Å². The fraction of sp³-hybridized carbons (Fsp3) is 0.238. The molecule has 0 saturated heterocycles. The van der Waals surface area contributed by atoms with Crippen molar-refractivity contribution in [2.24, 2.45) is 0 Å². The number of hydrogen-bond acceptors (Lipinski definition) is 4. The molecule has 4 amide bonds. The minimum Gasteiger partial charge on any atom is -0.354 e. The third-order valence-corrected chi connectivity index (χ3v) is 4.43. The Bertz CT molecular complexity index is 861. The normalized spacial score (nSPS) is 12.6. The second-order valence-electron chi connectivity index (χ2n) is 6.43. The third kappa shape index (κ3) is 4.62. The molecule has 28 heavy (non-hydrogen) atoms. The summed E-state index contributed by atoms with van der Waals surface area (Å²) in [6, 6.07) is 16.2. The van der Waals surface area contributed by atoms with Crippen molar-refractivity contribution in [3.63, 3.8) is 0 Å². The zero-order chi connectivity index (χ0) is 19.9. The highest BCUT2D eigenvalue weighted by Gasteiger charge is 2.36. The van der Waals surface area contributed by atoms with Gasteiger partial charge in [-0.15, -0.1) is 0 Å². The molecular weight excluding hydrogens is 358 g/mol. The van der Waals surface area contributed by atoms with E-state index in [2.05, 4.69) is 10.6 Å². The Labute approximate surface area is 162 Å². The predicted molar refractivity (Wildman–Crippen MR) is 103 cm³/mol. The maximum atomic E-state index is 12.2. The van der Waals surface area contributed by atoms with Gasteiger partial charge in [0.05, 0.1) is 11.1 Å². The standard InChI is InChI=1S/C21H21N3O4/c25-18(11-10-15-6-2-1-3-7-15)22-12-13-23-19(26)14-24-20(27)16-8-4-5-9-17(16)21(24)28/h1-9H,10-14H2,(H,22,25)(H,23,26). The van der Waals surface area contributed by atoms with Gasteiger partial charge < -0.3 is 10.6 Å². The van der Waals surface area contributed by atoms with E-state index in [0.29, 0.717) is 24.0 Å². The summed E-state index contributed by atoms with van der Waals surface area (Å²) in [4.78, 5) is 49.2. The molecule has 0 saturated carbocycles. The van der Waals surface area contributed by atoms with Crippen LogP contribution in [0.2, 0.25) is 0 Å². The van der Waals surface area contributed by atoms with E-state index >= 15 is 0 Å². The third-order valence-electron chi connectivity index (χ3n) is 4.43. The van der Waals surface area contributed by atoms with E-state index in [0.717, 1.165) is 10.5 Å². The van der Waals surface area contributed by atoms with Gasteiger partial charge in [0.15, 0.2) is 0 Å². The van der Waals surface area contributed by atoms with Crippen LogP contribution in [0.3, 0.4) is 0 Å². The van der Waals surface area contributed by atoms with Crippen LogP contribution in [0, 0.1) is 0 Å². The van der Waals surface area contributed by atoms with Gasteiger partial charge in [-0.1, -0.05) is 42.5 Å². The van der Waals surface area contributed by atoms with Crippen LogP contribution in [0.4, 0.5) is 0 Å². The second kappa shape index (κ2) is 8.94. The SMILES string of the molecule is O=C(CCc1ccccc1)NCCNC(=O)CN1C(=O)c2ccccc2C1=O.